The van der Waals surface area contributed by atoms with E-state index in [4.69, 9.17) is 10.5 Å². The summed E-state index contributed by atoms with van der Waals surface area (Å²) in [4.78, 5) is 25.8. The molecule has 0 unspecified atom stereocenters. The second kappa shape index (κ2) is 3.65. The van der Waals surface area contributed by atoms with Gasteiger partial charge in [0.1, 0.15) is 0 Å². The Balaban J connectivity index is 2.36. The third kappa shape index (κ3) is 1.72. The Bertz CT molecular complexity index is 496. The number of pyridine rings is 1. The van der Waals surface area contributed by atoms with Crippen molar-refractivity contribution >= 4 is 23.2 Å². The molecule has 0 radical (unpaired) electrons. The molecule has 6 nitrogen and oxygen atoms in total. The first kappa shape index (κ1) is 10.2. The van der Waals surface area contributed by atoms with Gasteiger partial charge in [-0.25, -0.2) is 4.98 Å². The molecule has 2 heterocycles. The molecule has 16 heavy (non-hydrogen) atoms. The van der Waals surface area contributed by atoms with Crippen LogP contribution in [0.2, 0.25) is 0 Å². The maximum absolute atomic E-state index is 11.0. The molecule has 0 bridgehead atoms. The fourth-order valence-electron chi connectivity index (χ4n) is 1.27. The van der Waals surface area contributed by atoms with E-state index in [1.807, 2.05) is 0 Å². The van der Waals surface area contributed by atoms with Crippen LogP contribution in [0.3, 0.4) is 0 Å². The van der Waals surface area contributed by atoms with E-state index in [2.05, 4.69) is 16.9 Å². The second-order valence-corrected chi connectivity index (χ2v) is 3.25. The van der Waals surface area contributed by atoms with E-state index < -0.39 is 5.91 Å². The van der Waals surface area contributed by atoms with Gasteiger partial charge in [-0.1, -0.05) is 6.58 Å². The maximum atomic E-state index is 11.0. The molecule has 0 saturated carbocycles. The highest BCUT2D eigenvalue weighted by atomic mass is 16.5. The van der Waals surface area contributed by atoms with Crippen molar-refractivity contribution in [3.8, 4) is 5.75 Å². The predicted molar refractivity (Wildman–Crippen MR) is 56.6 cm³/mol. The van der Waals surface area contributed by atoms with E-state index in [1.54, 1.807) is 6.07 Å². The lowest BCUT2D eigenvalue weighted by Crippen LogP contribution is -2.26. The molecule has 0 saturated heterocycles. The van der Waals surface area contributed by atoms with Crippen molar-refractivity contribution in [1.82, 2.24) is 4.98 Å². The van der Waals surface area contributed by atoms with Crippen LogP contribution < -0.4 is 15.8 Å². The van der Waals surface area contributed by atoms with Gasteiger partial charge in [0.2, 0.25) is 5.91 Å². The van der Waals surface area contributed by atoms with Crippen molar-refractivity contribution in [3.05, 3.63) is 24.4 Å². The van der Waals surface area contributed by atoms with E-state index in [1.165, 1.54) is 6.20 Å². The molecule has 0 spiro atoms. The Kier molecular flexibility index (Phi) is 2.32. The monoisotopic (exact) mass is 219 g/mol. The Labute approximate surface area is 91.1 Å². The summed E-state index contributed by atoms with van der Waals surface area (Å²) < 4.78 is 5.14. The van der Waals surface area contributed by atoms with Gasteiger partial charge >= 0.3 is 0 Å². The van der Waals surface area contributed by atoms with Gasteiger partial charge in [-0.2, -0.15) is 0 Å². The zero-order chi connectivity index (χ0) is 11.7. The number of rotatable bonds is 2. The van der Waals surface area contributed by atoms with E-state index in [-0.39, 0.29) is 18.1 Å². The van der Waals surface area contributed by atoms with Crippen molar-refractivity contribution in [2.45, 2.75) is 0 Å². The van der Waals surface area contributed by atoms with Gasteiger partial charge < -0.3 is 15.8 Å². The Hall–Kier alpha value is -2.37. The van der Waals surface area contributed by atoms with E-state index in [0.717, 1.165) is 0 Å². The quantitative estimate of drug-likeness (QED) is 0.679. The molecule has 1 aliphatic heterocycles. The Morgan fingerprint density at radius 1 is 1.62 bits per heavy atom. The minimum atomic E-state index is -0.624. The third-order valence-electron chi connectivity index (χ3n) is 2.12. The van der Waals surface area contributed by atoms with Gasteiger partial charge in [0.05, 0.1) is 0 Å². The summed E-state index contributed by atoms with van der Waals surface area (Å²) in [5.41, 5.74) is 5.71. The van der Waals surface area contributed by atoms with E-state index in [0.29, 0.717) is 17.1 Å². The number of nitrogens with zero attached hydrogens (tertiary/aromatic N) is 1. The summed E-state index contributed by atoms with van der Waals surface area (Å²) in [5, 5.41) is 2.53. The van der Waals surface area contributed by atoms with Crippen molar-refractivity contribution in [3.63, 3.8) is 0 Å². The summed E-state index contributed by atoms with van der Waals surface area (Å²) >= 11 is 0. The first-order chi connectivity index (χ1) is 7.58. The molecule has 6 heteroatoms. The summed E-state index contributed by atoms with van der Waals surface area (Å²) in [7, 11) is 0. The fourth-order valence-corrected chi connectivity index (χ4v) is 1.27. The lowest BCUT2D eigenvalue weighted by molar-refractivity contribution is -0.118. The summed E-state index contributed by atoms with van der Waals surface area (Å²) in [6.07, 6.45) is 1.40. The van der Waals surface area contributed by atoms with Crippen LogP contribution in [0.15, 0.2) is 18.8 Å². The number of aromatic nitrogens is 1. The molecule has 3 N–H and O–H groups in total. The van der Waals surface area contributed by atoms with Crippen LogP contribution in [-0.4, -0.2) is 23.4 Å². The molecule has 1 aliphatic rings. The number of hydrogen-bond acceptors (Lipinski definition) is 4. The number of hydrogen-bond donors (Lipinski definition) is 2. The van der Waals surface area contributed by atoms with Gasteiger partial charge in [0.15, 0.2) is 18.2 Å². The molecule has 0 fully saturated rings. The summed E-state index contributed by atoms with van der Waals surface area (Å²) in [6, 6.07) is 1.56. The SMILES string of the molecule is C=C(C(N)=O)c1cnc2c(c1)OCC(=O)N2. The number of ether oxygens (including phenoxy) is 1. The molecular weight excluding hydrogens is 210 g/mol. The number of anilines is 1. The molecule has 0 aromatic carbocycles. The standard InChI is InChI=1S/C10H9N3O3/c1-5(9(11)15)6-2-7-10(12-3-6)13-8(14)4-16-7/h2-3H,1,4H2,(H2,11,15)(H,12,13,14). The number of fused-ring (bicyclic) bond motifs is 1. The van der Waals surface area contributed by atoms with Crippen LogP contribution in [0.25, 0.3) is 5.57 Å². The summed E-state index contributed by atoms with van der Waals surface area (Å²) in [6.45, 7) is 3.46. The highest BCUT2D eigenvalue weighted by molar-refractivity contribution is 6.18. The highest BCUT2D eigenvalue weighted by Crippen LogP contribution is 2.27. The average Bonchev–Trinajstić information content (AvgIpc) is 2.27. The minimum absolute atomic E-state index is 0.0683. The second-order valence-electron chi connectivity index (χ2n) is 3.25. The summed E-state index contributed by atoms with van der Waals surface area (Å²) in [5.74, 6) is -0.153. The zero-order valence-corrected chi connectivity index (χ0v) is 8.32. The molecule has 82 valence electrons. The molecule has 1 aromatic rings. The predicted octanol–water partition coefficient (Wildman–Crippen LogP) is -0.0890. The van der Waals surface area contributed by atoms with Crippen molar-refractivity contribution in [2.75, 3.05) is 11.9 Å². The van der Waals surface area contributed by atoms with Gasteiger partial charge in [-0.15, -0.1) is 0 Å². The fraction of sp³-hybridized carbons (Fsp3) is 0.100. The molecular formula is C10H9N3O3. The normalized spacial score (nSPS) is 13.4. The van der Waals surface area contributed by atoms with Gasteiger partial charge in [0, 0.05) is 17.3 Å². The molecule has 2 amide bonds. The molecule has 2 rings (SSSR count). The molecule has 0 aliphatic carbocycles. The minimum Gasteiger partial charge on any atom is -0.480 e. The van der Waals surface area contributed by atoms with Crippen molar-refractivity contribution in [1.29, 1.82) is 0 Å². The smallest absolute Gasteiger partial charge is 0.263 e. The number of nitrogens with one attached hydrogen (secondary N) is 1. The Morgan fingerprint density at radius 2 is 2.38 bits per heavy atom. The topological polar surface area (TPSA) is 94.3 Å². The lowest BCUT2D eigenvalue weighted by atomic mass is 10.1. The van der Waals surface area contributed by atoms with Crippen molar-refractivity contribution in [2.24, 2.45) is 5.73 Å². The van der Waals surface area contributed by atoms with E-state index >= 15 is 0 Å². The third-order valence-corrected chi connectivity index (χ3v) is 2.12. The maximum Gasteiger partial charge on any atom is 0.263 e. The van der Waals surface area contributed by atoms with Gasteiger partial charge in [-0.05, 0) is 6.07 Å². The lowest BCUT2D eigenvalue weighted by Gasteiger charge is -2.17. The highest BCUT2D eigenvalue weighted by Gasteiger charge is 2.18. The van der Waals surface area contributed by atoms with Gasteiger partial charge in [-0.3, -0.25) is 9.59 Å². The first-order valence-corrected chi connectivity index (χ1v) is 4.49. The van der Waals surface area contributed by atoms with Crippen LogP contribution in [0.4, 0.5) is 5.82 Å². The average molecular weight is 219 g/mol. The number of amides is 2. The number of carbonyl (C=O) groups is 2. The number of carbonyl (C=O) groups excluding carboxylic acids is 2. The van der Waals surface area contributed by atoms with Crippen LogP contribution in [0.5, 0.6) is 5.75 Å². The zero-order valence-electron chi connectivity index (χ0n) is 8.32. The van der Waals surface area contributed by atoms with E-state index in [9.17, 15) is 9.59 Å². The first-order valence-electron chi connectivity index (χ1n) is 4.49. The van der Waals surface area contributed by atoms with Crippen LogP contribution in [0, 0.1) is 0 Å². The Morgan fingerprint density at radius 3 is 3.06 bits per heavy atom. The number of primary amides is 1. The molecule has 1 aromatic heterocycles. The number of nitrogens with two attached hydrogens (primary N) is 1. The van der Waals surface area contributed by atoms with Crippen LogP contribution >= 0.6 is 0 Å². The largest absolute Gasteiger partial charge is 0.480 e. The molecule has 0 atom stereocenters. The van der Waals surface area contributed by atoms with Crippen LogP contribution in [-0.2, 0) is 9.59 Å². The van der Waals surface area contributed by atoms with Gasteiger partial charge in [0.25, 0.3) is 5.91 Å². The van der Waals surface area contributed by atoms with Crippen molar-refractivity contribution < 1.29 is 14.3 Å². The van der Waals surface area contributed by atoms with Crippen LogP contribution in [0.1, 0.15) is 5.56 Å².